The van der Waals surface area contributed by atoms with Gasteiger partial charge in [0.15, 0.2) is 5.78 Å². The largest absolute Gasteiger partial charge is 0.416 e. The van der Waals surface area contributed by atoms with Crippen LogP contribution in [0.5, 0.6) is 0 Å². The van der Waals surface area contributed by atoms with Gasteiger partial charge >= 0.3 is 6.18 Å². The molecular weight excluding hydrogens is 273 g/mol. The van der Waals surface area contributed by atoms with Gasteiger partial charge in [-0.15, -0.1) is 0 Å². The van der Waals surface area contributed by atoms with Crippen molar-refractivity contribution in [1.82, 2.24) is 0 Å². The number of rotatable bonds is 2. The van der Waals surface area contributed by atoms with Gasteiger partial charge in [-0.05, 0) is 19.1 Å². The molecule has 5 heteroatoms. The van der Waals surface area contributed by atoms with Gasteiger partial charge in [-0.25, -0.2) is 0 Å². The molecule has 0 aromatic heterocycles. The van der Waals surface area contributed by atoms with E-state index in [2.05, 4.69) is 15.9 Å². The summed E-state index contributed by atoms with van der Waals surface area (Å²) < 4.78 is 36.9. The summed E-state index contributed by atoms with van der Waals surface area (Å²) in [5, 5.41) is 0. The average Bonchev–Trinajstić information content (AvgIpc) is 2.15. The van der Waals surface area contributed by atoms with Crippen LogP contribution in [0.15, 0.2) is 24.3 Å². The third kappa shape index (κ3) is 3.06. The highest BCUT2D eigenvalue weighted by atomic mass is 79.9. The highest BCUT2D eigenvalue weighted by Crippen LogP contribution is 2.29. The van der Waals surface area contributed by atoms with Crippen LogP contribution in [0.2, 0.25) is 0 Å². The minimum atomic E-state index is -4.41. The quantitative estimate of drug-likeness (QED) is 0.597. The van der Waals surface area contributed by atoms with Gasteiger partial charge in [0.05, 0.1) is 10.4 Å². The average molecular weight is 281 g/mol. The molecular formula is C10H8BrF3O. The van der Waals surface area contributed by atoms with Crippen molar-refractivity contribution in [3.63, 3.8) is 0 Å². The van der Waals surface area contributed by atoms with Gasteiger partial charge in [-0.1, -0.05) is 28.1 Å². The van der Waals surface area contributed by atoms with Crippen molar-refractivity contribution < 1.29 is 18.0 Å². The van der Waals surface area contributed by atoms with Gasteiger partial charge in [-0.2, -0.15) is 13.2 Å². The molecule has 82 valence electrons. The lowest BCUT2D eigenvalue weighted by molar-refractivity contribution is -0.137. The molecule has 0 heterocycles. The Balaban J connectivity index is 3.09. The van der Waals surface area contributed by atoms with Crippen LogP contribution in [-0.4, -0.2) is 10.6 Å². The van der Waals surface area contributed by atoms with E-state index in [1.165, 1.54) is 12.1 Å². The summed E-state index contributed by atoms with van der Waals surface area (Å²) in [6, 6.07) is 4.40. The summed E-state index contributed by atoms with van der Waals surface area (Å²) in [4.78, 5) is 10.9. The number of ketones is 1. The minimum Gasteiger partial charge on any atom is -0.293 e. The molecule has 0 saturated carbocycles. The number of alkyl halides is 4. The lowest BCUT2D eigenvalue weighted by Gasteiger charge is -2.08. The Morgan fingerprint density at radius 2 is 2.00 bits per heavy atom. The zero-order valence-corrected chi connectivity index (χ0v) is 9.39. The fourth-order valence-corrected chi connectivity index (χ4v) is 1.34. The summed E-state index contributed by atoms with van der Waals surface area (Å²) in [6.45, 7) is 1.57. The van der Waals surface area contributed by atoms with Crippen LogP contribution in [0.3, 0.4) is 0 Å². The number of hydrogen-bond donors (Lipinski definition) is 0. The van der Waals surface area contributed by atoms with Crippen LogP contribution in [-0.2, 0) is 6.18 Å². The fraction of sp³-hybridized carbons (Fsp3) is 0.300. The molecule has 0 radical (unpaired) electrons. The Hall–Kier alpha value is -0.840. The highest BCUT2D eigenvalue weighted by molar-refractivity contribution is 9.10. The first-order valence-electron chi connectivity index (χ1n) is 4.18. The van der Waals surface area contributed by atoms with E-state index in [0.717, 1.165) is 12.1 Å². The molecule has 1 aromatic rings. The molecule has 0 spiro atoms. The second-order valence-corrected chi connectivity index (χ2v) is 4.43. The zero-order valence-electron chi connectivity index (χ0n) is 7.81. The highest BCUT2D eigenvalue weighted by Gasteiger charge is 2.31. The smallest absolute Gasteiger partial charge is 0.293 e. The summed E-state index contributed by atoms with van der Waals surface area (Å²) in [5.41, 5.74) is -0.740. The van der Waals surface area contributed by atoms with Crippen LogP contribution in [0, 0.1) is 0 Å². The Kier molecular flexibility index (Phi) is 3.54. The second-order valence-electron chi connectivity index (χ2n) is 3.06. The lowest BCUT2D eigenvalue weighted by Crippen LogP contribution is -2.12. The molecule has 15 heavy (non-hydrogen) atoms. The molecule has 1 nitrogen and oxygen atoms in total. The number of carbonyl (C=O) groups is 1. The van der Waals surface area contributed by atoms with E-state index in [9.17, 15) is 18.0 Å². The Labute approximate surface area is 93.4 Å². The third-order valence-electron chi connectivity index (χ3n) is 1.84. The maximum absolute atomic E-state index is 12.3. The Morgan fingerprint density at radius 1 is 1.40 bits per heavy atom. The van der Waals surface area contributed by atoms with Gasteiger partial charge in [0.2, 0.25) is 0 Å². The maximum atomic E-state index is 12.3. The topological polar surface area (TPSA) is 17.1 Å². The Morgan fingerprint density at radius 3 is 2.47 bits per heavy atom. The first kappa shape index (κ1) is 12.2. The number of benzene rings is 1. The summed E-state index contributed by atoms with van der Waals surface area (Å²) >= 11 is 3.02. The molecule has 0 unspecified atom stereocenters. The lowest BCUT2D eigenvalue weighted by atomic mass is 10.1. The fourth-order valence-electron chi connectivity index (χ4n) is 1.08. The zero-order chi connectivity index (χ0) is 11.6. The third-order valence-corrected chi connectivity index (χ3v) is 2.25. The molecule has 0 aliphatic carbocycles. The first-order valence-corrected chi connectivity index (χ1v) is 5.09. The van der Waals surface area contributed by atoms with Crippen LogP contribution < -0.4 is 0 Å². The predicted octanol–water partition coefficient (Wildman–Crippen LogP) is 3.67. The molecule has 1 atom stereocenters. The van der Waals surface area contributed by atoms with E-state index in [4.69, 9.17) is 0 Å². The molecule has 0 saturated heterocycles. The van der Waals surface area contributed by atoms with Crippen molar-refractivity contribution in [2.75, 3.05) is 0 Å². The summed E-state index contributed by atoms with van der Waals surface area (Å²) in [5.74, 6) is -0.360. The summed E-state index contributed by atoms with van der Waals surface area (Å²) in [7, 11) is 0. The van der Waals surface area contributed by atoms with Crippen molar-refractivity contribution in [2.45, 2.75) is 17.9 Å². The first-order chi connectivity index (χ1) is 6.82. The molecule has 0 N–H and O–H groups in total. The predicted molar refractivity (Wildman–Crippen MR) is 54.2 cm³/mol. The van der Waals surface area contributed by atoms with E-state index in [-0.39, 0.29) is 11.3 Å². The van der Waals surface area contributed by atoms with Crippen LogP contribution in [0.1, 0.15) is 22.8 Å². The monoisotopic (exact) mass is 280 g/mol. The normalized spacial score (nSPS) is 13.7. The van der Waals surface area contributed by atoms with E-state index < -0.39 is 16.6 Å². The maximum Gasteiger partial charge on any atom is 0.416 e. The molecule has 0 amide bonds. The molecule has 0 aliphatic heterocycles. The molecule has 1 aromatic carbocycles. The van der Waals surface area contributed by atoms with Gasteiger partial charge in [0.25, 0.3) is 0 Å². The van der Waals surface area contributed by atoms with Gasteiger partial charge in [0, 0.05) is 5.56 Å². The Bertz CT molecular complexity index is 371. The van der Waals surface area contributed by atoms with Gasteiger partial charge in [0.1, 0.15) is 0 Å². The van der Waals surface area contributed by atoms with E-state index in [0.29, 0.717) is 0 Å². The molecule has 0 bridgehead atoms. The van der Waals surface area contributed by atoms with Crippen LogP contribution in [0.25, 0.3) is 0 Å². The van der Waals surface area contributed by atoms with Gasteiger partial charge < -0.3 is 0 Å². The van der Waals surface area contributed by atoms with E-state index in [1.54, 1.807) is 6.92 Å². The molecule has 0 aliphatic rings. The number of carbonyl (C=O) groups excluding carboxylic acids is 1. The van der Waals surface area contributed by atoms with Gasteiger partial charge in [-0.3, -0.25) is 4.79 Å². The standard InChI is InChI=1S/C10H8BrF3O/c1-6(11)9(15)7-3-2-4-8(5-7)10(12,13)14/h2-6H,1H3/t6-/m0/s1. The van der Waals surface area contributed by atoms with Crippen LogP contribution >= 0.6 is 15.9 Å². The van der Waals surface area contributed by atoms with Crippen molar-refractivity contribution in [3.05, 3.63) is 35.4 Å². The van der Waals surface area contributed by atoms with E-state index >= 15 is 0 Å². The van der Waals surface area contributed by atoms with Crippen molar-refractivity contribution in [1.29, 1.82) is 0 Å². The van der Waals surface area contributed by atoms with E-state index in [1.807, 2.05) is 0 Å². The van der Waals surface area contributed by atoms with Crippen molar-refractivity contribution in [2.24, 2.45) is 0 Å². The van der Waals surface area contributed by atoms with Crippen molar-refractivity contribution >= 4 is 21.7 Å². The van der Waals surface area contributed by atoms with Crippen molar-refractivity contribution in [3.8, 4) is 0 Å². The number of hydrogen-bond acceptors (Lipinski definition) is 1. The molecule has 0 fully saturated rings. The summed E-state index contributed by atoms with van der Waals surface area (Å²) in [6.07, 6.45) is -4.41. The SMILES string of the molecule is C[C@H](Br)C(=O)c1cccc(C(F)(F)F)c1. The number of Topliss-reactive ketones (excluding diaryl/α,β-unsaturated/α-hetero) is 1. The number of halogens is 4. The minimum absolute atomic E-state index is 0.0641. The van der Waals surface area contributed by atoms with Crippen LogP contribution in [0.4, 0.5) is 13.2 Å². The second kappa shape index (κ2) is 4.35. The molecule has 1 rings (SSSR count).